The molecule has 3 heteroatoms. The predicted molar refractivity (Wildman–Crippen MR) is 57.6 cm³/mol. The summed E-state index contributed by atoms with van der Waals surface area (Å²) in [4.78, 5) is 0. The van der Waals surface area contributed by atoms with Crippen molar-refractivity contribution in [2.75, 3.05) is 6.54 Å². The van der Waals surface area contributed by atoms with Gasteiger partial charge in [-0.25, -0.2) is 0 Å². The Morgan fingerprint density at radius 3 is 2.87 bits per heavy atom. The largest absolute Gasteiger partial charge is 0.472 e. The van der Waals surface area contributed by atoms with Crippen molar-refractivity contribution in [2.24, 2.45) is 0 Å². The first-order valence-corrected chi connectivity index (χ1v) is 5.20. The van der Waals surface area contributed by atoms with Crippen LogP contribution in [0.15, 0.2) is 45.8 Å². The van der Waals surface area contributed by atoms with Crippen molar-refractivity contribution in [2.45, 2.75) is 19.4 Å². The first-order valence-electron chi connectivity index (χ1n) is 5.20. The molecule has 0 amide bonds. The minimum absolute atomic E-state index is 0.0960. The summed E-state index contributed by atoms with van der Waals surface area (Å²) in [7, 11) is 0. The lowest BCUT2D eigenvalue weighted by Gasteiger charge is -2.14. The monoisotopic (exact) mass is 205 g/mol. The average Bonchev–Trinajstić information content (AvgIpc) is 2.90. The third-order valence-corrected chi connectivity index (χ3v) is 2.30. The fourth-order valence-electron chi connectivity index (χ4n) is 1.57. The molecular weight excluding hydrogens is 190 g/mol. The molecular formula is C12H15NO2. The molecule has 1 unspecified atom stereocenters. The summed E-state index contributed by atoms with van der Waals surface area (Å²) < 4.78 is 10.5. The van der Waals surface area contributed by atoms with Crippen molar-refractivity contribution >= 4 is 0 Å². The molecule has 0 aliphatic rings. The lowest BCUT2D eigenvalue weighted by molar-refractivity contribution is 0.443. The lowest BCUT2D eigenvalue weighted by atomic mass is 10.1. The van der Waals surface area contributed by atoms with Crippen LogP contribution in [0.1, 0.15) is 30.7 Å². The van der Waals surface area contributed by atoms with Crippen LogP contribution < -0.4 is 5.32 Å². The maximum atomic E-state index is 5.41. The number of hydrogen-bond acceptors (Lipinski definition) is 3. The van der Waals surface area contributed by atoms with E-state index < -0.39 is 0 Å². The van der Waals surface area contributed by atoms with Gasteiger partial charge in [0.2, 0.25) is 0 Å². The Bertz CT molecular complexity index is 330. The SMILES string of the molecule is CCCNC(c1ccoc1)c1ccco1. The molecule has 2 heterocycles. The number of furan rings is 2. The summed E-state index contributed by atoms with van der Waals surface area (Å²) >= 11 is 0. The molecule has 0 fully saturated rings. The van der Waals surface area contributed by atoms with Gasteiger partial charge in [0.1, 0.15) is 5.76 Å². The molecule has 1 atom stereocenters. The van der Waals surface area contributed by atoms with E-state index in [-0.39, 0.29) is 6.04 Å². The Kier molecular flexibility index (Phi) is 3.25. The van der Waals surface area contributed by atoms with Gasteiger partial charge in [0.05, 0.1) is 24.8 Å². The van der Waals surface area contributed by atoms with Crippen LogP contribution in [0.4, 0.5) is 0 Å². The zero-order valence-electron chi connectivity index (χ0n) is 8.77. The van der Waals surface area contributed by atoms with E-state index in [0.29, 0.717) is 0 Å². The van der Waals surface area contributed by atoms with Gasteiger partial charge in [-0.3, -0.25) is 0 Å². The van der Waals surface area contributed by atoms with Gasteiger partial charge in [-0.15, -0.1) is 0 Å². The zero-order valence-corrected chi connectivity index (χ0v) is 8.77. The Morgan fingerprint density at radius 1 is 1.33 bits per heavy atom. The summed E-state index contributed by atoms with van der Waals surface area (Å²) in [5.74, 6) is 0.921. The molecule has 0 spiro atoms. The van der Waals surface area contributed by atoms with Gasteiger partial charge in [0.15, 0.2) is 0 Å². The molecule has 0 aromatic carbocycles. The molecule has 1 N–H and O–H groups in total. The molecule has 15 heavy (non-hydrogen) atoms. The van der Waals surface area contributed by atoms with Crippen LogP contribution in [0.25, 0.3) is 0 Å². The van der Waals surface area contributed by atoms with Gasteiger partial charge < -0.3 is 14.2 Å². The zero-order chi connectivity index (χ0) is 10.5. The van der Waals surface area contributed by atoms with Crippen molar-refractivity contribution in [3.8, 4) is 0 Å². The highest BCUT2D eigenvalue weighted by Crippen LogP contribution is 2.22. The van der Waals surface area contributed by atoms with E-state index in [2.05, 4.69) is 12.2 Å². The molecule has 3 nitrogen and oxygen atoms in total. The Balaban J connectivity index is 2.17. The van der Waals surface area contributed by atoms with Crippen LogP contribution in [0.2, 0.25) is 0 Å². The molecule has 0 saturated carbocycles. The highest BCUT2D eigenvalue weighted by atomic mass is 16.3. The summed E-state index contributed by atoms with van der Waals surface area (Å²) in [6.07, 6.45) is 6.21. The van der Waals surface area contributed by atoms with Gasteiger partial charge in [-0.05, 0) is 31.2 Å². The average molecular weight is 205 g/mol. The van der Waals surface area contributed by atoms with Crippen LogP contribution in [0.5, 0.6) is 0 Å². The smallest absolute Gasteiger partial charge is 0.125 e. The second-order valence-corrected chi connectivity index (χ2v) is 3.46. The Labute approximate surface area is 89.1 Å². The maximum absolute atomic E-state index is 5.41. The van der Waals surface area contributed by atoms with E-state index in [0.717, 1.165) is 24.3 Å². The normalized spacial score (nSPS) is 12.9. The van der Waals surface area contributed by atoms with E-state index in [1.807, 2.05) is 18.2 Å². The second kappa shape index (κ2) is 4.84. The molecule has 0 aliphatic carbocycles. The second-order valence-electron chi connectivity index (χ2n) is 3.46. The van der Waals surface area contributed by atoms with Crippen molar-refractivity contribution in [1.82, 2.24) is 5.32 Å². The fourth-order valence-corrected chi connectivity index (χ4v) is 1.57. The highest BCUT2D eigenvalue weighted by Gasteiger charge is 2.16. The first kappa shape index (κ1) is 10.1. The van der Waals surface area contributed by atoms with Crippen molar-refractivity contribution in [3.05, 3.63) is 48.3 Å². The molecule has 80 valence electrons. The fraction of sp³-hybridized carbons (Fsp3) is 0.333. The standard InChI is InChI=1S/C12H15NO2/c1-2-6-13-12(10-5-8-14-9-10)11-4-3-7-15-11/h3-5,7-9,12-13H,2,6H2,1H3. The van der Waals surface area contributed by atoms with Crippen molar-refractivity contribution in [1.29, 1.82) is 0 Å². The van der Waals surface area contributed by atoms with E-state index in [1.165, 1.54) is 0 Å². The van der Waals surface area contributed by atoms with Crippen molar-refractivity contribution < 1.29 is 8.83 Å². The minimum Gasteiger partial charge on any atom is -0.472 e. The summed E-state index contributed by atoms with van der Waals surface area (Å²) in [5, 5.41) is 3.42. The molecule has 0 saturated heterocycles. The van der Waals surface area contributed by atoms with Gasteiger partial charge in [0.25, 0.3) is 0 Å². The van der Waals surface area contributed by atoms with Crippen LogP contribution in [0, 0.1) is 0 Å². The number of rotatable bonds is 5. The van der Waals surface area contributed by atoms with E-state index in [1.54, 1.807) is 18.8 Å². The van der Waals surface area contributed by atoms with Crippen LogP contribution in [0.3, 0.4) is 0 Å². The predicted octanol–water partition coefficient (Wildman–Crippen LogP) is 2.96. The van der Waals surface area contributed by atoms with Gasteiger partial charge in [-0.2, -0.15) is 0 Å². The summed E-state index contributed by atoms with van der Waals surface area (Å²) in [6, 6.07) is 5.92. The molecule has 0 aliphatic heterocycles. The van der Waals surface area contributed by atoms with Gasteiger partial charge >= 0.3 is 0 Å². The van der Waals surface area contributed by atoms with Crippen LogP contribution in [-0.2, 0) is 0 Å². The topological polar surface area (TPSA) is 38.3 Å². The third-order valence-electron chi connectivity index (χ3n) is 2.30. The quantitative estimate of drug-likeness (QED) is 0.815. The van der Waals surface area contributed by atoms with E-state index in [9.17, 15) is 0 Å². The summed E-state index contributed by atoms with van der Waals surface area (Å²) in [5.41, 5.74) is 1.10. The lowest BCUT2D eigenvalue weighted by Crippen LogP contribution is -2.22. The summed E-state index contributed by atoms with van der Waals surface area (Å²) in [6.45, 7) is 3.10. The van der Waals surface area contributed by atoms with Crippen LogP contribution in [-0.4, -0.2) is 6.54 Å². The molecule has 0 radical (unpaired) electrons. The first-order chi connectivity index (χ1) is 7.42. The van der Waals surface area contributed by atoms with Crippen LogP contribution >= 0.6 is 0 Å². The molecule has 0 bridgehead atoms. The minimum atomic E-state index is 0.0960. The molecule has 2 rings (SSSR count). The van der Waals surface area contributed by atoms with E-state index in [4.69, 9.17) is 8.83 Å². The molecule has 2 aromatic heterocycles. The number of hydrogen-bond donors (Lipinski definition) is 1. The van der Waals surface area contributed by atoms with Gasteiger partial charge in [-0.1, -0.05) is 6.92 Å². The highest BCUT2D eigenvalue weighted by molar-refractivity contribution is 5.22. The van der Waals surface area contributed by atoms with Crippen molar-refractivity contribution in [3.63, 3.8) is 0 Å². The number of nitrogens with one attached hydrogen (secondary N) is 1. The van der Waals surface area contributed by atoms with Gasteiger partial charge in [0, 0.05) is 5.56 Å². The third kappa shape index (κ3) is 2.30. The Hall–Kier alpha value is -1.48. The van der Waals surface area contributed by atoms with E-state index >= 15 is 0 Å². The Morgan fingerprint density at radius 2 is 2.27 bits per heavy atom. The maximum Gasteiger partial charge on any atom is 0.125 e. The molecule has 2 aromatic rings.